The average molecular weight is 333 g/mol. The van der Waals surface area contributed by atoms with Crippen LogP contribution in [0.1, 0.15) is 21.5 Å². The Kier molecular flexibility index (Phi) is 4.45. The summed E-state index contributed by atoms with van der Waals surface area (Å²) in [7, 11) is 1.79. The monoisotopic (exact) mass is 332 g/mol. The van der Waals surface area contributed by atoms with Gasteiger partial charge in [-0.05, 0) is 48.4 Å². The molecule has 0 bridgehead atoms. The Bertz CT molecular complexity index is 640. The summed E-state index contributed by atoms with van der Waals surface area (Å²) in [5.74, 6) is 0.00280. The van der Waals surface area contributed by atoms with Gasteiger partial charge in [0.15, 0.2) is 0 Å². The molecule has 2 rings (SSSR count). The first-order valence-corrected chi connectivity index (χ1v) is 7.12. The Labute approximate surface area is 127 Å². The van der Waals surface area contributed by atoms with Crippen molar-refractivity contribution in [2.24, 2.45) is 0 Å². The lowest BCUT2D eigenvalue weighted by Crippen LogP contribution is -2.26. The van der Waals surface area contributed by atoms with Crippen LogP contribution in [0.3, 0.4) is 0 Å². The normalized spacial score (nSPS) is 10.3. The van der Waals surface area contributed by atoms with Gasteiger partial charge in [-0.2, -0.15) is 0 Å². The van der Waals surface area contributed by atoms with E-state index in [0.29, 0.717) is 17.8 Å². The Hall–Kier alpha value is -1.81. The number of benzene rings is 2. The first kappa shape index (κ1) is 14.6. The van der Waals surface area contributed by atoms with Crippen molar-refractivity contribution in [2.75, 3.05) is 12.8 Å². The van der Waals surface area contributed by atoms with Crippen LogP contribution in [0.15, 0.2) is 46.9 Å². The van der Waals surface area contributed by atoms with Gasteiger partial charge in [-0.3, -0.25) is 4.79 Å². The molecule has 0 radical (unpaired) electrons. The fourth-order valence-corrected chi connectivity index (χ4v) is 2.28. The van der Waals surface area contributed by atoms with E-state index >= 15 is 0 Å². The molecule has 0 fully saturated rings. The van der Waals surface area contributed by atoms with Gasteiger partial charge in [0.2, 0.25) is 0 Å². The molecule has 2 N–H and O–H groups in total. The number of aryl methyl sites for hydroxylation is 1. The molecular formula is C16H17BrN2O. The highest BCUT2D eigenvalue weighted by atomic mass is 79.9. The van der Waals surface area contributed by atoms with Crippen molar-refractivity contribution in [3.8, 4) is 0 Å². The molecule has 20 heavy (non-hydrogen) atoms. The minimum atomic E-state index is 0.00280. The third kappa shape index (κ3) is 3.39. The molecule has 0 spiro atoms. The third-order valence-corrected chi connectivity index (χ3v) is 4.01. The number of amides is 1. The quantitative estimate of drug-likeness (QED) is 0.872. The van der Waals surface area contributed by atoms with Crippen molar-refractivity contribution in [1.29, 1.82) is 0 Å². The van der Waals surface area contributed by atoms with Gasteiger partial charge in [-0.1, -0.05) is 28.1 Å². The molecule has 0 heterocycles. The van der Waals surface area contributed by atoms with Crippen LogP contribution in [-0.2, 0) is 6.54 Å². The van der Waals surface area contributed by atoms with Crippen molar-refractivity contribution < 1.29 is 4.79 Å². The number of nitrogens with zero attached hydrogens (tertiary/aromatic N) is 1. The maximum Gasteiger partial charge on any atom is 0.253 e. The number of halogens is 1. The molecule has 1 amide bonds. The molecule has 2 aromatic rings. The molecule has 0 atom stereocenters. The van der Waals surface area contributed by atoms with Crippen LogP contribution in [0, 0.1) is 6.92 Å². The molecule has 0 aliphatic heterocycles. The Morgan fingerprint density at radius 2 is 2.00 bits per heavy atom. The maximum absolute atomic E-state index is 12.4. The van der Waals surface area contributed by atoms with Crippen molar-refractivity contribution in [3.63, 3.8) is 0 Å². The minimum Gasteiger partial charge on any atom is -0.399 e. The largest absolute Gasteiger partial charge is 0.399 e. The topological polar surface area (TPSA) is 46.3 Å². The van der Waals surface area contributed by atoms with Crippen LogP contribution in [0.25, 0.3) is 0 Å². The lowest BCUT2D eigenvalue weighted by molar-refractivity contribution is 0.0785. The highest BCUT2D eigenvalue weighted by Crippen LogP contribution is 2.18. The third-order valence-electron chi connectivity index (χ3n) is 3.12. The van der Waals surface area contributed by atoms with E-state index in [1.54, 1.807) is 11.9 Å². The van der Waals surface area contributed by atoms with Gasteiger partial charge in [0.1, 0.15) is 0 Å². The van der Waals surface area contributed by atoms with E-state index in [1.807, 2.05) is 49.4 Å². The summed E-state index contributed by atoms with van der Waals surface area (Å²) in [6, 6.07) is 13.2. The number of hydrogen-bond donors (Lipinski definition) is 1. The smallest absolute Gasteiger partial charge is 0.253 e. The Morgan fingerprint density at radius 3 is 2.65 bits per heavy atom. The average Bonchev–Trinajstić information content (AvgIpc) is 2.41. The van der Waals surface area contributed by atoms with Crippen LogP contribution in [0.4, 0.5) is 5.69 Å². The zero-order valence-electron chi connectivity index (χ0n) is 11.6. The highest BCUT2D eigenvalue weighted by molar-refractivity contribution is 9.10. The van der Waals surface area contributed by atoms with E-state index in [1.165, 1.54) is 0 Å². The first-order valence-electron chi connectivity index (χ1n) is 6.33. The summed E-state index contributed by atoms with van der Waals surface area (Å²) in [5, 5.41) is 0. The van der Waals surface area contributed by atoms with Crippen molar-refractivity contribution in [1.82, 2.24) is 4.90 Å². The van der Waals surface area contributed by atoms with Crippen LogP contribution < -0.4 is 5.73 Å². The van der Waals surface area contributed by atoms with Crippen molar-refractivity contribution in [2.45, 2.75) is 13.5 Å². The molecule has 0 saturated heterocycles. The van der Waals surface area contributed by atoms with Gasteiger partial charge in [-0.25, -0.2) is 0 Å². The fourth-order valence-electron chi connectivity index (χ4n) is 2.04. The second kappa shape index (κ2) is 6.09. The van der Waals surface area contributed by atoms with Crippen LogP contribution >= 0.6 is 15.9 Å². The fraction of sp³-hybridized carbons (Fsp3) is 0.188. The summed E-state index contributed by atoms with van der Waals surface area (Å²) in [6.07, 6.45) is 0. The standard InChI is InChI=1S/C16H17BrN2O/c1-11-8-13(6-7-15(11)17)16(20)19(2)10-12-4-3-5-14(18)9-12/h3-9H,10,18H2,1-2H3. The lowest BCUT2D eigenvalue weighted by atomic mass is 10.1. The van der Waals surface area contributed by atoms with E-state index in [4.69, 9.17) is 5.73 Å². The van der Waals surface area contributed by atoms with Gasteiger partial charge < -0.3 is 10.6 Å². The van der Waals surface area contributed by atoms with Gasteiger partial charge in [-0.15, -0.1) is 0 Å². The molecule has 4 heteroatoms. The van der Waals surface area contributed by atoms with E-state index in [0.717, 1.165) is 15.6 Å². The van der Waals surface area contributed by atoms with E-state index in [-0.39, 0.29) is 5.91 Å². The molecule has 2 aromatic carbocycles. The maximum atomic E-state index is 12.4. The SMILES string of the molecule is Cc1cc(C(=O)N(C)Cc2cccc(N)c2)ccc1Br. The number of nitrogens with two attached hydrogens (primary N) is 1. The summed E-state index contributed by atoms with van der Waals surface area (Å²) < 4.78 is 1.01. The number of anilines is 1. The molecule has 0 aliphatic carbocycles. The summed E-state index contributed by atoms with van der Waals surface area (Å²) in [5.41, 5.74) is 9.22. The van der Waals surface area contributed by atoms with Gasteiger partial charge in [0.05, 0.1) is 0 Å². The molecule has 0 saturated carbocycles. The van der Waals surface area contributed by atoms with Crippen molar-refractivity contribution in [3.05, 3.63) is 63.6 Å². The number of nitrogen functional groups attached to an aromatic ring is 1. The molecule has 0 aliphatic rings. The second-order valence-corrected chi connectivity index (χ2v) is 5.72. The Balaban J connectivity index is 2.14. The highest BCUT2D eigenvalue weighted by Gasteiger charge is 2.12. The summed E-state index contributed by atoms with van der Waals surface area (Å²) >= 11 is 3.44. The zero-order chi connectivity index (χ0) is 14.7. The predicted octanol–water partition coefficient (Wildman–Crippen LogP) is 3.61. The van der Waals surface area contributed by atoms with Gasteiger partial charge in [0.25, 0.3) is 5.91 Å². The number of carbonyl (C=O) groups excluding carboxylic acids is 1. The van der Waals surface area contributed by atoms with Gasteiger partial charge in [0, 0.05) is 29.3 Å². The second-order valence-electron chi connectivity index (χ2n) is 4.87. The van der Waals surface area contributed by atoms with E-state index in [9.17, 15) is 4.79 Å². The van der Waals surface area contributed by atoms with Crippen molar-refractivity contribution >= 4 is 27.5 Å². The lowest BCUT2D eigenvalue weighted by Gasteiger charge is -2.18. The summed E-state index contributed by atoms with van der Waals surface area (Å²) in [6.45, 7) is 2.51. The Morgan fingerprint density at radius 1 is 1.25 bits per heavy atom. The van der Waals surface area contributed by atoms with Crippen LogP contribution in [-0.4, -0.2) is 17.9 Å². The van der Waals surface area contributed by atoms with Crippen LogP contribution in [0.2, 0.25) is 0 Å². The molecule has 3 nitrogen and oxygen atoms in total. The molecule has 104 valence electrons. The molecule has 0 aromatic heterocycles. The molecular weight excluding hydrogens is 316 g/mol. The summed E-state index contributed by atoms with van der Waals surface area (Å²) in [4.78, 5) is 14.1. The van der Waals surface area contributed by atoms with Gasteiger partial charge >= 0.3 is 0 Å². The van der Waals surface area contributed by atoms with E-state index < -0.39 is 0 Å². The van der Waals surface area contributed by atoms with E-state index in [2.05, 4.69) is 15.9 Å². The first-order chi connectivity index (χ1) is 9.47. The number of carbonyl (C=O) groups is 1. The molecule has 0 unspecified atom stereocenters. The minimum absolute atomic E-state index is 0.00280. The zero-order valence-corrected chi connectivity index (χ0v) is 13.1. The number of rotatable bonds is 3. The van der Waals surface area contributed by atoms with Crippen LogP contribution in [0.5, 0.6) is 0 Å². The number of hydrogen-bond acceptors (Lipinski definition) is 2. The predicted molar refractivity (Wildman–Crippen MR) is 85.5 cm³/mol.